The van der Waals surface area contributed by atoms with Crippen molar-refractivity contribution in [2.75, 3.05) is 7.11 Å². The molecule has 0 radical (unpaired) electrons. The minimum Gasteiger partial charge on any atom is -0.467 e. The average molecular weight is 299 g/mol. The molecule has 0 aliphatic carbocycles. The molecule has 0 aromatic carbocycles. The topological polar surface area (TPSA) is 38.8 Å². The standard InChI is InChI=1S/C17H33NO3/c1-9-16(6)12-11-13(3)17(7,10-2)18(16)21-15(4,5)14(19)20-8/h13H,9-12H2,1-8H3. The van der Waals surface area contributed by atoms with E-state index in [1.807, 2.05) is 0 Å². The SMILES string of the molecule is CCC1(C)CCC(C)C(C)(CC)N1OC(C)(C)C(=O)OC. The zero-order chi connectivity index (χ0) is 16.5. The van der Waals surface area contributed by atoms with Gasteiger partial charge in [0.05, 0.1) is 7.11 Å². The maximum atomic E-state index is 12.0. The Morgan fingerprint density at radius 1 is 1.29 bits per heavy atom. The molecule has 3 unspecified atom stereocenters. The summed E-state index contributed by atoms with van der Waals surface area (Å²) in [6.45, 7) is 14.7. The first-order chi connectivity index (χ1) is 9.57. The second-order valence-electron chi connectivity index (χ2n) is 7.39. The molecular formula is C17H33NO3. The molecule has 0 saturated carbocycles. The number of carbonyl (C=O) groups excluding carboxylic acids is 1. The van der Waals surface area contributed by atoms with Gasteiger partial charge in [0, 0.05) is 11.1 Å². The van der Waals surface area contributed by atoms with E-state index in [-0.39, 0.29) is 17.0 Å². The molecule has 1 rings (SSSR count). The first-order valence-electron chi connectivity index (χ1n) is 8.15. The fourth-order valence-electron chi connectivity index (χ4n) is 3.29. The van der Waals surface area contributed by atoms with Crippen LogP contribution in [-0.4, -0.2) is 34.8 Å². The Labute approximate surface area is 130 Å². The maximum absolute atomic E-state index is 12.0. The van der Waals surface area contributed by atoms with E-state index in [9.17, 15) is 4.79 Å². The fraction of sp³-hybridized carbons (Fsp3) is 0.941. The highest BCUT2D eigenvalue weighted by molar-refractivity contribution is 5.78. The van der Waals surface area contributed by atoms with Crippen LogP contribution < -0.4 is 0 Å². The van der Waals surface area contributed by atoms with Crippen LogP contribution in [-0.2, 0) is 14.4 Å². The number of hydroxylamine groups is 2. The van der Waals surface area contributed by atoms with Crippen LogP contribution in [0.1, 0.15) is 74.1 Å². The van der Waals surface area contributed by atoms with Crippen molar-refractivity contribution in [2.24, 2.45) is 5.92 Å². The number of carbonyl (C=O) groups is 1. The molecule has 0 N–H and O–H groups in total. The lowest BCUT2D eigenvalue weighted by molar-refractivity contribution is -0.341. The Kier molecular flexibility index (Phi) is 5.49. The molecule has 0 aromatic heterocycles. The first kappa shape index (κ1) is 18.4. The summed E-state index contributed by atoms with van der Waals surface area (Å²) in [4.78, 5) is 18.3. The Morgan fingerprint density at radius 3 is 2.29 bits per heavy atom. The molecule has 0 amide bonds. The second kappa shape index (κ2) is 6.25. The monoisotopic (exact) mass is 299 g/mol. The van der Waals surface area contributed by atoms with Crippen molar-refractivity contribution in [3.8, 4) is 0 Å². The summed E-state index contributed by atoms with van der Waals surface area (Å²) in [5.41, 5.74) is -1.10. The average Bonchev–Trinajstić information content (AvgIpc) is 2.46. The molecule has 1 aliphatic heterocycles. The number of piperidine rings is 1. The lowest BCUT2D eigenvalue weighted by Gasteiger charge is -2.58. The summed E-state index contributed by atoms with van der Waals surface area (Å²) >= 11 is 0. The van der Waals surface area contributed by atoms with Gasteiger partial charge < -0.3 is 4.74 Å². The van der Waals surface area contributed by atoms with Gasteiger partial charge in [-0.25, -0.2) is 4.79 Å². The van der Waals surface area contributed by atoms with E-state index in [2.05, 4.69) is 39.7 Å². The highest BCUT2D eigenvalue weighted by atomic mass is 16.7. The van der Waals surface area contributed by atoms with Gasteiger partial charge in [-0.15, -0.1) is 0 Å². The van der Waals surface area contributed by atoms with Crippen molar-refractivity contribution in [1.29, 1.82) is 0 Å². The predicted octanol–water partition coefficient (Wildman–Crippen LogP) is 3.94. The summed E-state index contributed by atoms with van der Waals surface area (Å²) in [5.74, 6) is 0.188. The van der Waals surface area contributed by atoms with E-state index in [0.29, 0.717) is 5.92 Å². The minimum absolute atomic E-state index is 0.0530. The highest BCUT2D eigenvalue weighted by Crippen LogP contribution is 2.46. The minimum atomic E-state index is -0.974. The van der Waals surface area contributed by atoms with Crippen molar-refractivity contribution in [3.05, 3.63) is 0 Å². The molecule has 1 fully saturated rings. The van der Waals surface area contributed by atoms with Gasteiger partial charge in [-0.2, -0.15) is 5.06 Å². The molecule has 124 valence electrons. The van der Waals surface area contributed by atoms with Gasteiger partial charge in [0.2, 0.25) is 0 Å². The van der Waals surface area contributed by atoms with Crippen LogP contribution in [0, 0.1) is 5.92 Å². The number of hydrogen-bond acceptors (Lipinski definition) is 4. The molecular weight excluding hydrogens is 266 g/mol. The van der Waals surface area contributed by atoms with E-state index < -0.39 is 5.60 Å². The Balaban J connectivity index is 3.18. The third-order valence-electron chi connectivity index (χ3n) is 5.61. The predicted molar refractivity (Wildman–Crippen MR) is 84.8 cm³/mol. The van der Waals surface area contributed by atoms with E-state index in [1.54, 1.807) is 13.8 Å². The number of ether oxygens (including phenoxy) is 1. The quantitative estimate of drug-likeness (QED) is 0.721. The summed E-state index contributed by atoms with van der Waals surface area (Å²) in [6, 6.07) is 0. The van der Waals surface area contributed by atoms with E-state index in [0.717, 1.165) is 19.3 Å². The van der Waals surface area contributed by atoms with Crippen LogP contribution in [0.4, 0.5) is 0 Å². The largest absolute Gasteiger partial charge is 0.467 e. The third kappa shape index (κ3) is 3.26. The molecule has 1 heterocycles. The van der Waals surface area contributed by atoms with Gasteiger partial charge in [0.25, 0.3) is 0 Å². The van der Waals surface area contributed by atoms with Crippen molar-refractivity contribution < 1.29 is 14.4 Å². The van der Waals surface area contributed by atoms with Gasteiger partial charge in [-0.3, -0.25) is 4.84 Å². The number of hydrogen-bond donors (Lipinski definition) is 0. The van der Waals surface area contributed by atoms with Crippen molar-refractivity contribution >= 4 is 5.97 Å². The number of nitrogens with zero attached hydrogens (tertiary/aromatic N) is 1. The molecule has 21 heavy (non-hydrogen) atoms. The van der Waals surface area contributed by atoms with Crippen LogP contribution >= 0.6 is 0 Å². The smallest absolute Gasteiger partial charge is 0.339 e. The van der Waals surface area contributed by atoms with Gasteiger partial charge >= 0.3 is 5.97 Å². The summed E-state index contributed by atoms with van der Waals surface area (Å²) < 4.78 is 4.90. The third-order valence-corrected chi connectivity index (χ3v) is 5.61. The van der Waals surface area contributed by atoms with Gasteiger partial charge in [0.1, 0.15) is 0 Å². The molecule has 3 atom stereocenters. The van der Waals surface area contributed by atoms with Gasteiger partial charge in [-0.1, -0.05) is 20.8 Å². The van der Waals surface area contributed by atoms with Crippen molar-refractivity contribution in [2.45, 2.75) is 90.8 Å². The summed E-state index contributed by atoms with van der Waals surface area (Å²) in [5, 5.41) is 2.12. The van der Waals surface area contributed by atoms with E-state index in [4.69, 9.17) is 9.57 Å². The lowest BCUT2D eigenvalue weighted by atomic mass is 9.71. The number of esters is 1. The van der Waals surface area contributed by atoms with E-state index >= 15 is 0 Å². The zero-order valence-corrected chi connectivity index (χ0v) is 15.1. The zero-order valence-electron chi connectivity index (χ0n) is 15.1. The second-order valence-corrected chi connectivity index (χ2v) is 7.39. The maximum Gasteiger partial charge on any atom is 0.339 e. The first-order valence-corrected chi connectivity index (χ1v) is 8.15. The summed E-state index contributed by atoms with van der Waals surface area (Å²) in [7, 11) is 1.41. The molecule has 1 saturated heterocycles. The Hall–Kier alpha value is -0.610. The molecule has 1 aliphatic rings. The fourth-order valence-corrected chi connectivity index (χ4v) is 3.29. The molecule has 0 spiro atoms. The van der Waals surface area contributed by atoms with Gasteiger partial charge in [0.15, 0.2) is 5.60 Å². The van der Waals surface area contributed by atoms with Crippen LogP contribution in [0.2, 0.25) is 0 Å². The molecule has 0 aromatic rings. The Morgan fingerprint density at radius 2 is 1.86 bits per heavy atom. The normalized spacial score (nSPS) is 34.8. The molecule has 0 bridgehead atoms. The van der Waals surface area contributed by atoms with Crippen molar-refractivity contribution in [3.63, 3.8) is 0 Å². The summed E-state index contributed by atoms with van der Waals surface area (Å²) in [6.07, 6.45) is 4.25. The van der Waals surface area contributed by atoms with Crippen molar-refractivity contribution in [1.82, 2.24) is 5.06 Å². The lowest BCUT2D eigenvalue weighted by Crippen LogP contribution is -2.66. The van der Waals surface area contributed by atoms with Crippen LogP contribution in [0.5, 0.6) is 0 Å². The van der Waals surface area contributed by atoms with Gasteiger partial charge in [-0.05, 0) is 59.3 Å². The Bertz CT molecular complexity index is 382. The van der Waals surface area contributed by atoms with Crippen LogP contribution in [0.15, 0.2) is 0 Å². The van der Waals surface area contributed by atoms with Crippen LogP contribution in [0.3, 0.4) is 0 Å². The van der Waals surface area contributed by atoms with Crippen LogP contribution in [0.25, 0.3) is 0 Å². The number of rotatable bonds is 5. The molecule has 4 heteroatoms. The highest BCUT2D eigenvalue weighted by Gasteiger charge is 2.52. The molecule has 4 nitrogen and oxygen atoms in total. The van der Waals surface area contributed by atoms with E-state index in [1.165, 1.54) is 13.5 Å². The number of methoxy groups -OCH3 is 1.